The molecule has 0 unspecified atom stereocenters. The summed E-state index contributed by atoms with van der Waals surface area (Å²) in [6.45, 7) is 1.27. The molecule has 90 valence electrons. The summed E-state index contributed by atoms with van der Waals surface area (Å²) in [5.74, 6) is -1.20. The highest BCUT2D eigenvalue weighted by Crippen LogP contribution is 2.14. The number of carboxylic acids is 1. The van der Waals surface area contributed by atoms with E-state index in [1.54, 1.807) is 24.3 Å². The van der Waals surface area contributed by atoms with Crippen molar-refractivity contribution in [3.05, 3.63) is 29.3 Å². The van der Waals surface area contributed by atoms with Crippen molar-refractivity contribution >= 4 is 35.0 Å². The first-order chi connectivity index (χ1) is 7.99. The summed E-state index contributed by atoms with van der Waals surface area (Å²) in [5.41, 5.74) is 2.31. The average Bonchev–Trinajstić information content (AvgIpc) is 2.25. The number of nitrogens with zero attached hydrogens (tertiary/aromatic N) is 1. The second-order valence-corrected chi connectivity index (χ2v) is 3.52. The Morgan fingerprint density at radius 2 is 2.12 bits per heavy atom. The largest absolute Gasteiger partial charge is 0.477 e. The first-order valence-corrected chi connectivity index (χ1v) is 4.97. The number of anilines is 1. The summed E-state index contributed by atoms with van der Waals surface area (Å²) in [4.78, 5) is 21.7. The van der Waals surface area contributed by atoms with Crippen LogP contribution in [0.15, 0.2) is 29.4 Å². The van der Waals surface area contributed by atoms with Gasteiger partial charge in [-0.3, -0.25) is 0 Å². The first kappa shape index (κ1) is 13.0. The number of carbonyl (C=O) groups excluding carboxylic acids is 1. The van der Waals surface area contributed by atoms with Gasteiger partial charge in [0.2, 0.25) is 0 Å². The van der Waals surface area contributed by atoms with Gasteiger partial charge in [0.1, 0.15) is 5.71 Å². The van der Waals surface area contributed by atoms with E-state index < -0.39 is 12.0 Å². The van der Waals surface area contributed by atoms with Crippen LogP contribution in [0.5, 0.6) is 0 Å². The van der Waals surface area contributed by atoms with Crippen LogP contribution in [0.25, 0.3) is 0 Å². The van der Waals surface area contributed by atoms with E-state index in [1.807, 2.05) is 5.43 Å². The Morgan fingerprint density at radius 3 is 2.71 bits per heavy atom. The fraction of sp³-hybridized carbons (Fsp3) is 0.100. The van der Waals surface area contributed by atoms with Gasteiger partial charge < -0.3 is 10.4 Å². The van der Waals surface area contributed by atoms with Gasteiger partial charge in [0.25, 0.3) is 0 Å². The van der Waals surface area contributed by atoms with Gasteiger partial charge in [-0.05, 0) is 25.1 Å². The molecule has 0 heterocycles. The van der Waals surface area contributed by atoms with E-state index in [4.69, 9.17) is 16.7 Å². The van der Waals surface area contributed by atoms with Crippen molar-refractivity contribution < 1.29 is 14.7 Å². The number of urea groups is 1. The van der Waals surface area contributed by atoms with Gasteiger partial charge in [-0.2, -0.15) is 5.10 Å². The van der Waals surface area contributed by atoms with E-state index in [0.717, 1.165) is 0 Å². The van der Waals surface area contributed by atoms with Gasteiger partial charge in [-0.15, -0.1) is 0 Å². The minimum Gasteiger partial charge on any atom is -0.477 e. The van der Waals surface area contributed by atoms with Crippen LogP contribution in [-0.2, 0) is 4.79 Å². The topological polar surface area (TPSA) is 90.8 Å². The molecule has 0 spiro atoms. The highest BCUT2D eigenvalue weighted by atomic mass is 35.5. The molecular weight excluding hydrogens is 246 g/mol. The number of aliphatic carboxylic acids is 1. The maximum atomic E-state index is 11.3. The van der Waals surface area contributed by atoms with Crippen LogP contribution in [0.3, 0.4) is 0 Å². The van der Waals surface area contributed by atoms with Crippen molar-refractivity contribution in [1.82, 2.24) is 5.43 Å². The van der Waals surface area contributed by atoms with Crippen LogP contribution < -0.4 is 10.7 Å². The number of hydrogen-bond donors (Lipinski definition) is 3. The lowest BCUT2D eigenvalue weighted by atomic mass is 10.3. The second-order valence-electron chi connectivity index (χ2n) is 3.08. The Bertz CT molecular complexity index is 474. The molecule has 0 fully saturated rings. The van der Waals surface area contributed by atoms with Crippen molar-refractivity contribution in [2.24, 2.45) is 5.10 Å². The zero-order valence-corrected chi connectivity index (χ0v) is 9.65. The smallest absolute Gasteiger partial charge is 0.351 e. The number of rotatable bonds is 3. The van der Waals surface area contributed by atoms with E-state index in [0.29, 0.717) is 10.7 Å². The standard InChI is InChI=1S/C10H10ClN3O3/c1-6(9(15)16)13-14-10(17)12-8-4-2-3-7(11)5-8/h2-5H,1H3,(H,15,16)(H2,12,14,17). The maximum Gasteiger partial charge on any atom is 0.351 e. The van der Waals surface area contributed by atoms with Crippen molar-refractivity contribution in [2.75, 3.05) is 5.32 Å². The predicted molar refractivity (Wildman–Crippen MR) is 64.4 cm³/mol. The molecule has 3 N–H and O–H groups in total. The van der Waals surface area contributed by atoms with Crippen LogP contribution in [-0.4, -0.2) is 22.8 Å². The lowest BCUT2D eigenvalue weighted by Crippen LogP contribution is -2.26. The Kier molecular flexibility index (Phi) is 4.47. The molecule has 1 aromatic rings. The Hall–Kier alpha value is -2.08. The maximum absolute atomic E-state index is 11.3. The van der Waals surface area contributed by atoms with E-state index in [9.17, 15) is 9.59 Å². The third kappa shape index (κ3) is 4.52. The zero-order chi connectivity index (χ0) is 12.8. The summed E-state index contributed by atoms with van der Waals surface area (Å²) < 4.78 is 0. The molecule has 0 saturated heterocycles. The summed E-state index contributed by atoms with van der Waals surface area (Å²) in [6.07, 6.45) is 0. The fourth-order valence-corrected chi connectivity index (χ4v) is 1.10. The number of benzene rings is 1. The van der Waals surface area contributed by atoms with Gasteiger partial charge in [-0.25, -0.2) is 15.0 Å². The molecular formula is C10H10ClN3O3. The van der Waals surface area contributed by atoms with Crippen LogP contribution in [0.2, 0.25) is 5.02 Å². The molecule has 1 rings (SSSR count). The van der Waals surface area contributed by atoms with Crippen LogP contribution in [0.1, 0.15) is 6.92 Å². The molecule has 7 heteroatoms. The lowest BCUT2D eigenvalue weighted by Gasteiger charge is -2.04. The highest BCUT2D eigenvalue weighted by molar-refractivity contribution is 6.34. The van der Waals surface area contributed by atoms with Crippen molar-refractivity contribution in [3.8, 4) is 0 Å². The molecule has 0 bridgehead atoms. The monoisotopic (exact) mass is 255 g/mol. The molecule has 6 nitrogen and oxygen atoms in total. The van der Waals surface area contributed by atoms with E-state index in [1.165, 1.54) is 6.92 Å². The molecule has 0 aliphatic heterocycles. The molecule has 0 aromatic heterocycles. The molecule has 0 radical (unpaired) electrons. The molecule has 17 heavy (non-hydrogen) atoms. The highest BCUT2D eigenvalue weighted by Gasteiger charge is 2.04. The lowest BCUT2D eigenvalue weighted by molar-refractivity contribution is -0.129. The quantitative estimate of drug-likeness (QED) is 0.569. The third-order valence-electron chi connectivity index (χ3n) is 1.72. The molecule has 2 amide bonds. The Labute approximate surface area is 102 Å². The summed E-state index contributed by atoms with van der Waals surface area (Å²) in [6, 6.07) is 5.88. The fourth-order valence-electron chi connectivity index (χ4n) is 0.908. The van der Waals surface area contributed by atoms with E-state index in [2.05, 4.69) is 10.4 Å². The molecule has 0 aliphatic carbocycles. The minimum atomic E-state index is -1.20. The minimum absolute atomic E-state index is 0.216. The first-order valence-electron chi connectivity index (χ1n) is 4.59. The third-order valence-corrected chi connectivity index (χ3v) is 1.95. The van der Waals surface area contributed by atoms with Crippen LogP contribution in [0.4, 0.5) is 10.5 Å². The Morgan fingerprint density at radius 1 is 1.41 bits per heavy atom. The number of amides is 2. The van der Waals surface area contributed by atoms with Crippen molar-refractivity contribution in [3.63, 3.8) is 0 Å². The number of halogens is 1. The van der Waals surface area contributed by atoms with Crippen LogP contribution in [0, 0.1) is 0 Å². The number of carbonyl (C=O) groups is 2. The average molecular weight is 256 g/mol. The van der Waals surface area contributed by atoms with Crippen molar-refractivity contribution in [2.45, 2.75) is 6.92 Å². The number of nitrogens with one attached hydrogen (secondary N) is 2. The number of carboxylic acid groups (broad SMARTS) is 1. The van der Waals surface area contributed by atoms with E-state index >= 15 is 0 Å². The summed E-state index contributed by atoms with van der Waals surface area (Å²) in [7, 11) is 0. The normalized spacial score (nSPS) is 10.8. The molecule has 0 atom stereocenters. The van der Waals surface area contributed by atoms with Gasteiger partial charge in [0, 0.05) is 10.7 Å². The number of hydrogen-bond acceptors (Lipinski definition) is 3. The SMILES string of the molecule is CC(=NNC(=O)Nc1cccc(Cl)c1)C(=O)O. The van der Waals surface area contributed by atoms with Gasteiger partial charge in [-0.1, -0.05) is 17.7 Å². The second kappa shape index (κ2) is 5.86. The summed E-state index contributed by atoms with van der Waals surface area (Å²) >= 11 is 5.72. The van der Waals surface area contributed by atoms with Crippen molar-refractivity contribution in [1.29, 1.82) is 0 Å². The van der Waals surface area contributed by atoms with Gasteiger partial charge in [0.05, 0.1) is 0 Å². The Balaban J connectivity index is 2.56. The number of hydrazone groups is 1. The molecule has 0 saturated carbocycles. The van der Waals surface area contributed by atoms with E-state index in [-0.39, 0.29) is 5.71 Å². The predicted octanol–water partition coefficient (Wildman–Crippen LogP) is 1.92. The summed E-state index contributed by atoms with van der Waals surface area (Å²) in [5, 5.41) is 14.8. The molecule has 0 aliphatic rings. The van der Waals surface area contributed by atoms with Crippen LogP contribution >= 0.6 is 11.6 Å². The zero-order valence-electron chi connectivity index (χ0n) is 8.90. The molecule has 1 aromatic carbocycles. The van der Waals surface area contributed by atoms with Gasteiger partial charge in [0.15, 0.2) is 0 Å². The van der Waals surface area contributed by atoms with Gasteiger partial charge >= 0.3 is 12.0 Å².